The Hall–Kier alpha value is -1.74. The highest BCUT2D eigenvalue weighted by molar-refractivity contribution is 9.12. The summed E-state index contributed by atoms with van der Waals surface area (Å²) in [5.41, 5.74) is 0.466. The number of rotatable bonds is 5. The molecule has 2 fully saturated rings. The summed E-state index contributed by atoms with van der Waals surface area (Å²) in [4.78, 5) is 54.0. The van der Waals surface area contributed by atoms with Crippen molar-refractivity contribution >= 4 is 78.6 Å². The number of alkyl halides is 2. The molecule has 0 bridgehead atoms. The van der Waals surface area contributed by atoms with E-state index in [-0.39, 0.29) is 25.3 Å². The summed E-state index contributed by atoms with van der Waals surface area (Å²) in [6, 6.07) is 11.6. The number of hydrogen-bond acceptors (Lipinski definition) is 4. The SMILES string of the molecule is C[C@H](C(=O)c1ccccc1)N(C(=O)c1ccc(Cl)c(Cl)c1)N1C(=O)[C@H]2C[C@@H](Br)[C@@H](Br)C[C@H]2C1=O. The first-order chi connectivity index (χ1) is 16.1. The lowest BCUT2D eigenvalue weighted by Gasteiger charge is -2.34. The molecule has 2 aromatic rings. The number of hydrazine groups is 1. The third-order valence-corrected chi connectivity index (χ3v) is 9.76. The van der Waals surface area contributed by atoms with Gasteiger partial charge in [0.25, 0.3) is 17.7 Å². The molecule has 0 N–H and O–H groups in total. The van der Waals surface area contributed by atoms with E-state index in [1.165, 1.54) is 25.1 Å². The number of imide groups is 1. The van der Waals surface area contributed by atoms with E-state index < -0.39 is 41.4 Å². The van der Waals surface area contributed by atoms with Crippen molar-refractivity contribution in [3.63, 3.8) is 0 Å². The van der Waals surface area contributed by atoms with Crippen molar-refractivity contribution in [3.05, 3.63) is 69.7 Å². The normalized spacial score (nSPS) is 25.1. The van der Waals surface area contributed by atoms with E-state index in [1.54, 1.807) is 30.3 Å². The molecule has 178 valence electrons. The molecule has 3 amide bonds. The smallest absolute Gasteiger partial charge is 0.273 e. The van der Waals surface area contributed by atoms with E-state index in [0.717, 1.165) is 10.0 Å². The van der Waals surface area contributed by atoms with E-state index in [1.807, 2.05) is 0 Å². The molecule has 0 radical (unpaired) electrons. The van der Waals surface area contributed by atoms with Gasteiger partial charge in [-0.1, -0.05) is 85.4 Å². The fourth-order valence-corrected chi connectivity index (χ4v) is 5.98. The van der Waals surface area contributed by atoms with Gasteiger partial charge in [-0.15, -0.1) is 0 Å². The zero-order chi connectivity index (χ0) is 24.7. The predicted molar refractivity (Wildman–Crippen MR) is 136 cm³/mol. The van der Waals surface area contributed by atoms with Crippen LogP contribution in [0.5, 0.6) is 0 Å². The average molecular weight is 631 g/mol. The highest BCUT2D eigenvalue weighted by atomic mass is 79.9. The Kier molecular flexibility index (Phi) is 7.53. The van der Waals surface area contributed by atoms with Gasteiger partial charge in [0.05, 0.1) is 21.9 Å². The number of benzene rings is 2. The summed E-state index contributed by atoms with van der Waals surface area (Å²) in [5, 5.41) is 2.25. The minimum atomic E-state index is -1.13. The fraction of sp³-hybridized carbons (Fsp3) is 0.333. The van der Waals surface area contributed by atoms with Crippen molar-refractivity contribution in [1.29, 1.82) is 0 Å². The molecular formula is C24H20Br2Cl2N2O4. The van der Waals surface area contributed by atoms with Gasteiger partial charge in [0.15, 0.2) is 5.78 Å². The summed E-state index contributed by atoms with van der Waals surface area (Å²) in [6.07, 6.45) is 0.884. The van der Waals surface area contributed by atoms with Crippen LogP contribution < -0.4 is 0 Å². The average Bonchev–Trinajstić information content (AvgIpc) is 3.05. The van der Waals surface area contributed by atoms with Gasteiger partial charge >= 0.3 is 0 Å². The maximum absolute atomic E-state index is 13.7. The Labute approximate surface area is 223 Å². The number of carbonyl (C=O) groups is 4. The van der Waals surface area contributed by atoms with Gasteiger partial charge < -0.3 is 0 Å². The number of hydrogen-bond donors (Lipinski definition) is 0. The first-order valence-electron chi connectivity index (χ1n) is 10.7. The van der Waals surface area contributed by atoms with Crippen molar-refractivity contribution in [2.75, 3.05) is 0 Å². The molecule has 2 aromatic carbocycles. The van der Waals surface area contributed by atoms with Crippen LogP contribution in [0.25, 0.3) is 0 Å². The van der Waals surface area contributed by atoms with Gasteiger partial charge in [0.1, 0.15) is 6.04 Å². The van der Waals surface area contributed by atoms with Gasteiger partial charge in [0.2, 0.25) is 0 Å². The molecule has 1 aliphatic carbocycles. The zero-order valence-electron chi connectivity index (χ0n) is 18.0. The Bertz CT molecular complexity index is 1130. The van der Waals surface area contributed by atoms with Crippen molar-refractivity contribution in [2.45, 2.75) is 35.5 Å². The fourth-order valence-electron chi connectivity index (χ4n) is 4.45. The van der Waals surface area contributed by atoms with Gasteiger partial charge in [-0.3, -0.25) is 19.2 Å². The lowest BCUT2D eigenvalue weighted by Crippen LogP contribution is -2.56. The maximum atomic E-state index is 13.7. The van der Waals surface area contributed by atoms with Crippen molar-refractivity contribution in [2.24, 2.45) is 11.8 Å². The standard InChI is InChI=1S/C24H20Br2Cl2N2O4/c1-12(21(31)13-5-3-2-4-6-13)29(22(32)14-7-8-19(27)20(28)9-14)30-23(33)15-10-17(25)18(26)11-16(15)24(30)34/h2-9,12,15-18H,10-11H2,1H3/t12-,15-,16+,17+,18-/m1/s1. The molecule has 0 aromatic heterocycles. The Balaban J connectivity index is 1.76. The number of ketones is 1. The first kappa shape index (κ1) is 25.4. The topological polar surface area (TPSA) is 74.8 Å². The Morgan fingerprint density at radius 3 is 2.00 bits per heavy atom. The number of fused-ring (bicyclic) bond motifs is 1. The quantitative estimate of drug-likeness (QED) is 0.247. The zero-order valence-corrected chi connectivity index (χ0v) is 22.6. The van der Waals surface area contributed by atoms with E-state index >= 15 is 0 Å². The molecule has 2 aliphatic rings. The number of halogens is 4. The first-order valence-corrected chi connectivity index (χ1v) is 13.2. The second kappa shape index (κ2) is 10.1. The van der Waals surface area contributed by atoms with Gasteiger partial charge in [0, 0.05) is 20.8 Å². The van der Waals surface area contributed by atoms with E-state index in [4.69, 9.17) is 23.2 Å². The second-order valence-electron chi connectivity index (χ2n) is 8.39. The third kappa shape index (κ3) is 4.57. The molecule has 0 unspecified atom stereocenters. The van der Waals surface area contributed by atoms with E-state index in [9.17, 15) is 19.2 Å². The highest BCUT2D eigenvalue weighted by Gasteiger charge is 2.55. The molecule has 4 rings (SSSR count). The summed E-state index contributed by atoms with van der Waals surface area (Å²) >= 11 is 19.3. The van der Waals surface area contributed by atoms with Crippen molar-refractivity contribution in [3.8, 4) is 0 Å². The number of amides is 3. The van der Waals surface area contributed by atoms with Gasteiger partial charge in [-0.05, 0) is 38.0 Å². The molecule has 5 atom stereocenters. The van der Waals surface area contributed by atoms with Crippen LogP contribution in [0.15, 0.2) is 48.5 Å². The summed E-state index contributed by atoms with van der Waals surface area (Å²) in [5.74, 6) is -3.22. The second-order valence-corrected chi connectivity index (χ2v) is 11.6. The molecule has 1 saturated heterocycles. The molecule has 10 heteroatoms. The van der Waals surface area contributed by atoms with Gasteiger partial charge in [-0.25, -0.2) is 5.01 Å². The lowest BCUT2D eigenvalue weighted by atomic mass is 9.81. The minimum Gasteiger partial charge on any atom is -0.292 e. The lowest BCUT2D eigenvalue weighted by molar-refractivity contribution is -0.156. The molecule has 6 nitrogen and oxygen atoms in total. The van der Waals surface area contributed by atoms with Crippen molar-refractivity contribution in [1.82, 2.24) is 10.0 Å². The number of Topliss-reactive ketones (excluding diaryl/α,β-unsaturated/α-hetero) is 1. The van der Waals surface area contributed by atoms with E-state index in [2.05, 4.69) is 31.9 Å². The predicted octanol–water partition coefficient (Wildman–Crippen LogP) is 5.54. The Morgan fingerprint density at radius 2 is 1.47 bits per heavy atom. The van der Waals surface area contributed by atoms with Crippen LogP contribution in [-0.2, 0) is 9.59 Å². The van der Waals surface area contributed by atoms with E-state index in [0.29, 0.717) is 18.4 Å². The van der Waals surface area contributed by atoms with Crippen LogP contribution in [0.1, 0.15) is 40.5 Å². The number of nitrogens with zero attached hydrogens (tertiary/aromatic N) is 2. The Morgan fingerprint density at radius 1 is 0.912 bits per heavy atom. The van der Waals surface area contributed by atoms with Crippen LogP contribution >= 0.6 is 55.1 Å². The molecule has 1 saturated carbocycles. The summed E-state index contributed by atoms with van der Waals surface area (Å²) in [7, 11) is 0. The molecular weight excluding hydrogens is 611 g/mol. The highest BCUT2D eigenvalue weighted by Crippen LogP contribution is 2.44. The molecule has 0 spiro atoms. The van der Waals surface area contributed by atoms with Crippen LogP contribution in [0, 0.1) is 11.8 Å². The monoisotopic (exact) mass is 628 g/mol. The van der Waals surface area contributed by atoms with Crippen LogP contribution in [0.2, 0.25) is 10.0 Å². The van der Waals surface area contributed by atoms with Crippen LogP contribution in [-0.4, -0.2) is 49.2 Å². The van der Waals surface area contributed by atoms with Gasteiger partial charge in [-0.2, -0.15) is 5.01 Å². The molecule has 1 aliphatic heterocycles. The molecule has 34 heavy (non-hydrogen) atoms. The summed E-state index contributed by atoms with van der Waals surface area (Å²) < 4.78 is 0. The summed E-state index contributed by atoms with van der Waals surface area (Å²) in [6.45, 7) is 1.51. The molecule has 1 heterocycles. The number of carbonyl (C=O) groups excluding carboxylic acids is 4. The van der Waals surface area contributed by atoms with Crippen LogP contribution in [0.4, 0.5) is 0 Å². The third-order valence-electron chi connectivity index (χ3n) is 6.28. The van der Waals surface area contributed by atoms with Crippen LogP contribution in [0.3, 0.4) is 0 Å². The largest absolute Gasteiger partial charge is 0.292 e. The van der Waals surface area contributed by atoms with Crippen molar-refractivity contribution < 1.29 is 19.2 Å². The maximum Gasteiger partial charge on any atom is 0.273 e. The minimum absolute atomic E-state index is 0.00745.